The second-order valence-electron chi connectivity index (χ2n) is 4.66. The van der Waals surface area contributed by atoms with Crippen molar-refractivity contribution < 1.29 is 14.7 Å². The van der Waals surface area contributed by atoms with Crippen LogP contribution in [0.15, 0.2) is 0 Å². The number of hydrogen-bond donors (Lipinski definition) is 2. The van der Waals surface area contributed by atoms with Gasteiger partial charge in [-0.15, -0.1) is 6.42 Å². The number of carboxylic acid groups (broad SMARTS) is 1. The Morgan fingerprint density at radius 1 is 1.24 bits per heavy atom. The summed E-state index contributed by atoms with van der Waals surface area (Å²) in [6.45, 7) is 0.197. The van der Waals surface area contributed by atoms with Crippen molar-refractivity contribution in [2.24, 2.45) is 5.41 Å². The fourth-order valence-electron chi connectivity index (χ4n) is 2.29. The van der Waals surface area contributed by atoms with Crippen LogP contribution in [0.3, 0.4) is 0 Å². The molecule has 0 atom stereocenters. The second-order valence-corrected chi connectivity index (χ2v) is 4.66. The first kappa shape index (κ1) is 13.6. The van der Waals surface area contributed by atoms with Gasteiger partial charge in [0.2, 0.25) is 5.91 Å². The summed E-state index contributed by atoms with van der Waals surface area (Å²) in [7, 11) is 0. The van der Waals surface area contributed by atoms with Gasteiger partial charge in [-0.2, -0.15) is 0 Å². The van der Waals surface area contributed by atoms with E-state index in [1.54, 1.807) is 0 Å². The zero-order valence-corrected chi connectivity index (χ0v) is 10.00. The topological polar surface area (TPSA) is 66.4 Å². The minimum absolute atomic E-state index is 0.00962. The van der Waals surface area contributed by atoms with Crippen molar-refractivity contribution in [2.45, 2.75) is 44.9 Å². The van der Waals surface area contributed by atoms with E-state index in [0.717, 1.165) is 25.7 Å². The second kappa shape index (κ2) is 6.29. The summed E-state index contributed by atoms with van der Waals surface area (Å²) in [4.78, 5) is 22.7. The van der Waals surface area contributed by atoms with Crippen LogP contribution in [-0.2, 0) is 9.59 Å². The molecule has 94 valence electrons. The number of amides is 1. The first-order valence-corrected chi connectivity index (χ1v) is 6.04. The maximum Gasteiger partial charge on any atom is 0.311 e. The van der Waals surface area contributed by atoms with Crippen molar-refractivity contribution in [3.8, 4) is 12.3 Å². The number of rotatable bonds is 4. The summed E-state index contributed by atoms with van der Waals surface area (Å²) in [6.07, 6.45) is 10.3. The number of carbonyl (C=O) groups excluding carboxylic acids is 1. The van der Waals surface area contributed by atoms with Gasteiger partial charge in [-0.05, 0) is 12.8 Å². The molecule has 0 radical (unpaired) electrons. The molecule has 0 bridgehead atoms. The summed E-state index contributed by atoms with van der Waals surface area (Å²) in [6, 6.07) is 0. The molecule has 2 N–H and O–H groups in total. The smallest absolute Gasteiger partial charge is 0.311 e. The van der Waals surface area contributed by atoms with Crippen LogP contribution in [0.25, 0.3) is 0 Å². The fourth-order valence-corrected chi connectivity index (χ4v) is 2.29. The molecule has 4 nitrogen and oxygen atoms in total. The molecular weight excluding hydrogens is 218 g/mol. The molecule has 1 amide bonds. The van der Waals surface area contributed by atoms with E-state index < -0.39 is 11.4 Å². The Bertz CT molecular complexity index is 322. The minimum atomic E-state index is -0.805. The predicted molar refractivity (Wildman–Crippen MR) is 64.2 cm³/mol. The monoisotopic (exact) mass is 237 g/mol. The van der Waals surface area contributed by atoms with E-state index in [1.165, 1.54) is 0 Å². The average molecular weight is 237 g/mol. The van der Waals surface area contributed by atoms with Crippen molar-refractivity contribution in [3.63, 3.8) is 0 Å². The van der Waals surface area contributed by atoms with Crippen molar-refractivity contribution in [3.05, 3.63) is 0 Å². The molecule has 1 rings (SSSR count). The SMILES string of the molecule is C#CCC(=O)NCC1(C(=O)O)CCCCCC1. The Hall–Kier alpha value is -1.50. The summed E-state index contributed by atoms with van der Waals surface area (Å²) in [5.41, 5.74) is -0.791. The highest BCUT2D eigenvalue weighted by atomic mass is 16.4. The van der Waals surface area contributed by atoms with E-state index in [-0.39, 0.29) is 18.9 Å². The lowest BCUT2D eigenvalue weighted by Gasteiger charge is -2.28. The average Bonchev–Trinajstić information content (AvgIpc) is 2.53. The molecule has 0 heterocycles. The van der Waals surface area contributed by atoms with Crippen LogP contribution in [0, 0.1) is 17.8 Å². The molecule has 0 spiro atoms. The lowest BCUT2D eigenvalue weighted by molar-refractivity contribution is -0.149. The van der Waals surface area contributed by atoms with Crippen LogP contribution in [0.5, 0.6) is 0 Å². The number of nitrogens with one attached hydrogen (secondary N) is 1. The Balaban J connectivity index is 2.61. The lowest BCUT2D eigenvalue weighted by atomic mass is 9.80. The molecule has 0 unspecified atom stereocenters. The molecule has 1 aliphatic carbocycles. The molecule has 1 aliphatic rings. The number of carboxylic acids is 1. The Morgan fingerprint density at radius 3 is 2.29 bits per heavy atom. The molecule has 17 heavy (non-hydrogen) atoms. The first-order chi connectivity index (χ1) is 8.10. The predicted octanol–water partition coefficient (Wildman–Crippen LogP) is 1.55. The third kappa shape index (κ3) is 3.77. The maximum absolute atomic E-state index is 11.4. The summed E-state index contributed by atoms with van der Waals surface area (Å²) < 4.78 is 0. The normalized spacial score (nSPS) is 18.8. The number of hydrogen-bond acceptors (Lipinski definition) is 2. The largest absolute Gasteiger partial charge is 0.481 e. The standard InChI is InChI=1S/C13H19NO3/c1-2-7-11(15)14-10-13(12(16)17)8-5-3-4-6-9-13/h1H,3-10H2,(H,14,15)(H,16,17). The Labute approximate surface area is 102 Å². The highest BCUT2D eigenvalue weighted by Gasteiger charge is 2.38. The Kier molecular flexibility index (Phi) is 5.02. The molecule has 0 aromatic heterocycles. The lowest BCUT2D eigenvalue weighted by Crippen LogP contribution is -2.42. The molecule has 1 fully saturated rings. The van der Waals surface area contributed by atoms with Crippen LogP contribution in [0.2, 0.25) is 0 Å². The summed E-state index contributed by atoms with van der Waals surface area (Å²) >= 11 is 0. The van der Waals surface area contributed by atoms with E-state index >= 15 is 0 Å². The molecule has 0 aromatic rings. The van der Waals surface area contributed by atoms with Gasteiger partial charge < -0.3 is 10.4 Å². The number of terminal acetylenes is 1. The minimum Gasteiger partial charge on any atom is -0.481 e. The van der Waals surface area contributed by atoms with Gasteiger partial charge >= 0.3 is 5.97 Å². The molecule has 1 saturated carbocycles. The van der Waals surface area contributed by atoms with Crippen LogP contribution in [-0.4, -0.2) is 23.5 Å². The van der Waals surface area contributed by atoms with E-state index in [2.05, 4.69) is 11.2 Å². The van der Waals surface area contributed by atoms with Gasteiger partial charge in [0.1, 0.15) is 0 Å². The van der Waals surface area contributed by atoms with Crippen molar-refractivity contribution in [2.75, 3.05) is 6.54 Å². The molecule has 0 aliphatic heterocycles. The van der Waals surface area contributed by atoms with Crippen LogP contribution in [0.4, 0.5) is 0 Å². The van der Waals surface area contributed by atoms with Gasteiger partial charge in [0, 0.05) is 6.54 Å². The number of carbonyl (C=O) groups is 2. The van der Waals surface area contributed by atoms with Gasteiger partial charge in [-0.1, -0.05) is 31.6 Å². The molecule has 0 saturated heterocycles. The van der Waals surface area contributed by atoms with Gasteiger partial charge in [0.05, 0.1) is 11.8 Å². The Morgan fingerprint density at radius 2 is 1.82 bits per heavy atom. The first-order valence-electron chi connectivity index (χ1n) is 6.04. The molecule has 0 aromatic carbocycles. The van der Waals surface area contributed by atoms with E-state index in [4.69, 9.17) is 6.42 Å². The van der Waals surface area contributed by atoms with Crippen molar-refractivity contribution in [1.82, 2.24) is 5.32 Å². The zero-order chi connectivity index (χ0) is 12.7. The molecular formula is C13H19NO3. The van der Waals surface area contributed by atoms with Crippen LogP contribution in [0.1, 0.15) is 44.9 Å². The van der Waals surface area contributed by atoms with Crippen LogP contribution < -0.4 is 5.32 Å². The highest BCUT2D eigenvalue weighted by molar-refractivity contribution is 5.80. The third-order valence-corrected chi connectivity index (χ3v) is 3.40. The van der Waals surface area contributed by atoms with Crippen molar-refractivity contribution >= 4 is 11.9 Å². The summed E-state index contributed by atoms with van der Waals surface area (Å²) in [5, 5.41) is 12.0. The van der Waals surface area contributed by atoms with Gasteiger partial charge in [0.15, 0.2) is 0 Å². The van der Waals surface area contributed by atoms with E-state index in [9.17, 15) is 14.7 Å². The summed E-state index contributed by atoms with van der Waals surface area (Å²) in [5.74, 6) is 1.18. The van der Waals surface area contributed by atoms with Crippen molar-refractivity contribution in [1.29, 1.82) is 0 Å². The third-order valence-electron chi connectivity index (χ3n) is 3.40. The fraction of sp³-hybridized carbons (Fsp3) is 0.692. The number of aliphatic carboxylic acids is 1. The quantitative estimate of drug-likeness (QED) is 0.576. The van der Waals surface area contributed by atoms with E-state index in [0.29, 0.717) is 12.8 Å². The highest BCUT2D eigenvalue weighted by Crippen LogP contribution is 2.34. The van der Waals surface area contributed by atoms with Gasteiger partial charge in [0.25, 0.3) is 0 Å². The van der Waals surface area contributed by atoms with Gasteiger partial charge in [-0.25, -0.2) is 0 Å². The van der Waals surface area contributed by atoms with Crippen LogP contribution >= 0.6 is 0 Å². The van der Waals surface area contributed by atoms with Gasteiger partial charge in [-0.3, -0.25) is 9.59 Å². The maximum atomic E-state index is 11.4. The van der Waals surface area contributed by atoms with E-state index in [1.807, 2.05) is 0 Å². The molecule has 4 heteroatoms. The zero-order valence-electron chi connectivity index (χ0n) is 10.00.